The smallest absolute Gasteiger partial charge is 0.432 e. The molecule has 2 N–H and O–H groups in total. The summed E-state index contributed by atoms with van der Waals surface area (Å²) in [7, 11) is 0.922. The lowest BCUT2D eigenvalue weighted by Crippen LogP contribution is -1.81. The normalized spacial score (nSPS) is 8.00. The van der Waals surface area contributed by atoms with Crippen molar-refractivity contribution in [2.75, 3.05) is 7.11 Å². The number of ether oxygens (including phenoxy) is 1. The molecule has 0 saturated heterocycles. The molecule has 1 rings (SSSR count). The Morgan fingerprint density at radius 3 is 2.33 bits per heavy atom. The van der Waals surface area contributed by atoms with E-state index in [0.717, 1.165) is 5.75 Å². The average Bonchev–Trinajstić information content (AvgIpc) is 2.06. The Kier molecular flexibility index (Phi) is 7.22. The van der Waals surface area contributed by atoms with Crippen LogP contribution in [0.5, 0.6) is 5.75 Å². The summed E-state index contributed by atoms with van der Waals surface area (Å²) in [5, 5.41) is 14.2. The minimum Gasteiger partial charge on any atom is -0.497 e. The van der Waals surface area contributed by atoms with Gasteiger partial charge in [-0.3, -0.25) is 0 Å². The summed E-state index contributed by atoms with van der Waals surface area (Å²) in [6.45, 7) is 0. The van der Waals surface area contributed by atoms with Crippen molar-refractivity contribution in [1.29, 1.82) is 0 Å². The fourth-order valence-electron chi connectivity index (χ4n) is 0.594. The van der Waals surface area contributed by atoms with Gasteiger partial charge in [-0.1, -0.05) is 6.07 Å². The van der Waals surface area contributed by atoms with Gasteiger partial charge in [-0.15, -0.1) is 0 Å². The Morgan fingerprint density at radius 2 is 2.00 bits per heavy atom. The largest absolute Gasteiger partial charge is 0.497 e. The molecular weight excluding hydrogens is 270 g/mol. The minimum absolute atomic E-state index is 0.750. The van der Waals surface area contributed by atoms with Crippen molar-refractivity contribution in [3.05, 3.63) is 27.8 Å². The average molecular weight is 280 g/mol. The van der Waals surface area contributed by atoms with E-state index in [1.807, 2.05) is 24.3 Å². The molecule has 0 fully saturated rings. The van der Waals surface area contributed by atoms with Gasteiger partial charge in [0.15, 0.2) is 0 Å². The molecule has 0 aliphatic heterocycles. The topological polar surface area (TPSA) is 49.7 Å². The fourth-order valence-corrected chi connectivity index (χ4v) is 1.11. The van der Waals surface area contributed by atoms with Gasteiger partial charge in [0.2, 0.25) is 0 Å². The first-order valence-corrected chi connectivity index (χ1v) is 4.33. The maximum absolute atomic E-state index is 7.12. The van der Waals surface area contributed by atoms with E-state index in [4.69, 9.17) is 14.8 Å². The second-order valence-corrected chi connectivity index (χ2v) is 3.05. The predicted octanol–water partition coefficient (Wildman–Crippen LogP) is 0.537. The summed E-state index contributed by atoms with van der Waals surface area (Å²) in [5.41, 5.74) is 0. The molecular formula is C7H10BIO3. The first-order chi connectivity index (χ1) is 5.74. The van der Waals surface area contributed by atoms with Crippen molar-refractivity contribution in [3.63, 3.8) is 0 Å². The monoisotopic (exact) mass is 280 g/mol. The van der Waals surface area contributed by atoms with Crippen LogP contribution >= 0.6 is 22.6 Å². The quantitative estimate of drug-likeness (QED) is 0.583. The SMILES string of the molecule is COc1cccc(I)c1.OBO. The maximum atomic E-state index is 7.12. The number of hydrogen-bond acceptors (Lipinski definition) is 3. The van der Waals surface area contributed by atoms with Gasteiger partial charge in [0, 0.05) is 3.57 Å². The molecule has 0 aromatic heterocycles. The molecule has 0 amide bonds. The van der Waals surface area contributed by atoms with E-state index in [0.29, 0.717) is 0 Å². The van der Waals surface area contributed by atoms with Crippen LogP contribution in [0.4, 0.5) is 0 Å². The third kappa shape index (κ3) is 5.39. The first kappa shape index (κ1) is 11.7. The molecule has 0 unspecified atom stereocenters. The molecule has 1 aromatic carbocycles. The van der Waals surface area contributed by atoms with Crippen molar-refractivity contribution < 1.29 is 14.8 Å². The number of hydrogen-bond donors (Lipinski definition) is 2. The van der Waals surface area contributed by atoms with E-state index in [2.05, 4.69) is 22.6 Å². The molecule has 0 bridgehead atoms. The summed E-state index contributed by atoms with van der Waals surface area (Å²) < 4.78 is 6.19. The van der Waals surface area contributed by atoms with Crippen molar-refractivity contribution in [2.24, 2.45) is 0 Å². The molecule has 3 nitrogen and oxygen atoms in total. The summed E-state index contributed by atoms with van der Waals surface area (Å²) >= 11 is 2.25. The lowest BCUT2D eigenvalue weighted by Gasteiger charge is -1.96. The van der Waals surface area contributed by atoms with E-state index in [-0.39, 0.29) is 0 Å². The lowest BCUT2D eigenvalue weighted by atomic mass is 10.3. The van der Waals surface area contributed by atoms with Gasteiger partial charge >= 0.3 is 7.69 Å². The summed E-state index contributed by atoms with van der Waals surface area (Å²) in [6, 6.07) is 7.92. The summed E-state index contributed by atoms with van der Waals surface area (Å²) in [4.78, 5) is 0. The van der Waals surface area contributed by atoms with Crippen molar-refractivity contribution in [1.82, 2.24) is 0 Å². The lowest BCUT2D eigenvalue weighted by molar-refractivity contribution is 0.414. The van der Waals surface area contributed by atoms with E-state index >= 15 is 0 Å². The Balaban J connectivity index is 0.000000354. The maximum Gasteiger partial charge on any atom is 0.432 e. The zero-order valence-corrected chi connectivity index (χ0v) is 8.85. The molecule has 5 heteroatoms. The predicted molar refractivity (Wildman–Crippen MR) is 57.3 cm³/mol. The van der Waals surface area contributed by atoms with Crippen molar-refractivity contribution in [3.8, 4) is 5.75 Å². The third-order valence-electron chi connectivity index (χ3n) is 1.03. The van der Waals surface area contributed by atoms with Gasteiger partial charge in [-0.05, 0) is 40.8 Å². The number of methoxy groups -OCH3 is 1. The Labute approximate surface area is 85.8 Å². The van der Waals surface area contributed by atoms with Gasteiger partial charge in [0.25, 0.3) is 0 Å². The second kappa shape index (κ2) is 7.39. The first-order valence-electron chi connectivity index (χ1n) is 3.26. The Hall–Kier alpha value is -0.265. The number of rotatable bonds is 1. The zero-order chi connectivity index (χ0) is 9.40. The minimum atomic E-state index is -0.750. The molecule has 0 atom stereocenters. The van der Waals surface area contributed by atoms with E-state index in [1.54, 1.807) is 7.11 Å². The molecule has 0 heterocycles. The van der Waals surface area contributed by atoms with Crippen LogP contribution in [0.25, 0.3) is 0 Å². The van der Waals surface area contributed by atoms with Crippen LogP contribution in [0.3, 0.4) is 0 Å². The molecule has 0 saturated carbocycles. The molecule has 66 valence electrons. The van der Waals surface area contributed by atoms with Crippen molar-refractivity contribution >= 4 is 30.3 Å². The molecule has 0 aliphatic carbocycles. The number of benzene rings is 1. The van der Waals surface area contributed by atoms with Crippen molar-refractivity contribution in [2.45, 2.75) is 0 Å². The molecule has 0 radical (unpaired) electrons. The van der Waals surface area contributed by atoms with Gasteiger partial charge in [-0.25, -0.2) is 0 Å². The van der Waals surface area contributed by atoms with E-state index < -0.39 is 7.69 Å². The molecule has 1 aromatic rings. The standard InChI is InChI=1S/C7H7IO.BH3O2/c1-9-7-4-2-3-6(8)5-7;2-1-3/h2-5H,1H3;1-3H. The van der Waals surface area contributed by atoms with E-state index in [1.165, 1.54) is 3.57 Å². The second-order valence-electron chi connectivity index (χ2n) is 1.80. The molecule has 12 heavy (non-hydrogen) atoms. The van der Waals surface area contributed by atoms with Gasteiger partial charge < -0.3 is 14.8 Å². The van der Waals surface area contributed by atoms with Gasteiger partial charge in [0.1, 0.15) is 5.75 Å². The highest BCUT2D eigenvalue weighted by molar-refractivity contribution is 14.1. The Bertz CT molecular complexity index is 220. The van der Waals surface area contributed by atoms with E-state index in [9.17, 15) is 0 Å². The highest BCUT2D eigenvalue weighted by Gasteiger charge is 1.88. The molecule has 0 spiro atoms. The van der Waals surface area contributed by atoms with Crippen LogP contribution < -0.4 is 4.74 Å². The van der Waals surface area contributed by atoms with Crippen LogP contribution in [0.1, 0.15) is 0 Å². The molecule has 0 aliphatic rings. The zero-order valence-electron chi connectivity index (χ0n) is 6.70. The summed E-state index contributed by atoms with van der Waals surface area (Å²) in [6.07, 6.45) is 0. The van der Waals surface area contributed by atoms with Crippen LogP contribution in [0.2, 0.25) is 0 Å². The van der Waals surface area contributed by atoms with Crippen LogP contribution in [-0.4, -0.2) is 24.8 Å². The highest BCUT2D eigenvalue weighted by Crippen LogP contribution is 2.13. The van der Waals surface area contributed by atoms with Gasteiger partial charge in [0.05, 0.1) is 7.11 Å². The third-order valence-corrected chi connectivity index (χ3v) is 1.70. The Morgan fingerprint density at radius 1 is 1.42 bits per heavy atom. The highest BCUT2D eigenvalue weighted by atomic mass is 127. The van der Waals surface area contributed by atoms with Crippen LogP contribution in [0.15, 0.2) is 24.3 Å². The summed E-state index contributed by atoms with van der Waals surface area (Å²) in [5.74, 6) is 0.918. The van der Waals surface area contributed by atoms with Crippen LogP contribution in [0, 0.1) is 3.57 Å². The van der Waals surface area contributed by atoms with Gasteiger partial charge in [-0.2, -0.15) is 0 Å². The fraction of sp³-hybridized carbons (Fsp3) is 0.143. The number of halogens is 1. The van der Waals surface area contributed by atoms with Crippen LogP contribution in [-0.2, 0) is 0 Å².